The van der Waals surface area contributed by atoms with Crippen molar-refractivity contribution in [1.29, 1.82) is 0 Å². The van der Waals surface area contributed by atoms with Gasteiger partial charge in [0.05, 0.1) is 30.2 Å². The average Bonchev–Trinajstić information content (AvgIpc) is 3.27. The lowest BCUT2D eigenvalue weighted by molar-refractivity contribution is 0.0706. The Morgan fingerprint density at radius 1 is 1.00 bits per heavy atom. The highest BCUT2D eigenvalue weighted by Gasteiger charge is 2.19. The Hall–Kier alpha value is -3.03. The number of ether oxygens (including phenoxy) is 2. The fraction of sp³-hybridized carbons (Fsp3) is 0.400. The van der Waals surface area contributed by atoms with Crippen molar-refractivity contribution in [2.75, 3.05) is 40.5 Å². The molecule has 1 aliphatic heterocycles. The molecule has 0 bridgehead atoms. The topological polar surface area (TPSA) is 65.3 Å². The fourth-order valence-corrected chi connectivity index (χ4v) is 4.33. The number of hydrogen-bond donors (Lipinski definition) is 0. The van der Waals surface area contributed by atoms with Gasteiger partial charge in [0.2, 0.25) is 5.88 Å². The number of imidazole rings is 1. The molecule has 0 radical (unpaired) electrons. The number of aromatic nitrogens is 4. The third-order valence-corrected chi connectivity index (χ3v) is 6.05. The monoisotopic (exact) mass is 431 g/mol. The molecule has 0 saturated carbocycles. The van der Waals surface area contributed by atoms with E-state index in [1.165, 1.54) is 0 Å². The Morgan fingerprint density at radius 3 is 2.62 bits per heavy atom. The van der Waals surface area contributed by atoms with E-state index >= 15 is 0 Å². The second-order valence-corrected chi connectivity index (χ2v) is 8.61. The minimum Gasteiger partial charge on any atom is -0.478 e. The van der Waals surface area contributed by atoms with E-state index in [1.54, 1.807) is 0 Å². The molecule has 4 heterocycles. The van der Waals surface area contributed by atoms with Crippen molar-refractivity contribution in [2.24, 2.45) is 0 Å². The molecule has 7 heteroatoms. The van der Waals surface area contributed by atoms with E-state index < -0.39 is 0 Å². The molecule has 4 aromatic rings. The summed E-state index contributed by atoms with van der Waals surface area (Å²) in [5.41, 5.74) is 5.22. The number of nitrogens with zero attached hydrogens (tertiary/aromatic N) is 5. The summed E-state index contributed by atoms with van der Waals surface area (Å²) in [6.45, 7) is 3.27. The number of pyridine rings is 2. The maximum Gasteiger partial charge on any atom is 0.213 e. The summed E-state index contributed by atoms with van der Waals surface area (Å²) >= 11 is 0. The zero-order chi connectivity index (χ0) is 21.9. The van der Waals surface area contributed by atoms with Gasteiger partial charge in [-0.15, -0.1) is 0 Å². The van der Waals surface area contributed by atoms with Gasteiger partial charge in [-0.1, -0.05) is 6.07 Å². The van der Waals surface area contributed by atoms with Crippen LogP contribution in [0.3, 0.4) is 0 Å². The lowest BCUT2D eigenvalue weighted by atomic mass is 10.0. The summed E-state index contributed by atoms with van der Waals surface area (Å²) in [7, 11) is 4.13. The maximum absolute atomic E-state index is 5.78. The summed E-state index contributed by atoms with van der Waals surface area (Å²) in [6.07, 6.45) is 8.70. The van der Waals surface area contributed by atoms with Gasteiger partial charge < -0.3 is 18.9 Å². The van der Waals surface area contributed by atoms with E-state index in [9.17, 15) is 0 Å². The lowest BCUT2D eigenvalue weighted by Crippen LogP contribution is -2.19. The van der Waals surface area contributed by atoms with E-state index in [1.807, 2.05) is 24.8 Å². The van der Waals surface area contributed by atoms with Gasteiger partial charge in [-0.25, -0.2) is 9.97 Å². The third-order valence-electron chi connectivity index (χ3n) is 6.05. The van der Waals surface area contributed by atoms with Crippen LogP contribution >= 0.6 is 0 Å². The van der Waals surface area contributed by atoms with Gasteiger partial charge >= 0.3 is 0 Å². The molecule has 0 amide bonds. The van der Waals surface area contributed by atoms with Crippen molar-refractivity contribution in [1.82, 2.24) is 24.4 Å². The molecule has 0 atom stereocenters. The van der Waals surface area contributed by atoms with E-state index in [0.717, 1.165) is 72.1 Å². The average molecular weight is 432 g/mol. The molecule has 32 heavy (non-hydrogen) atoms. The van der Waals surface area contributed by atoms with Crippen molar-refractivity contribution < 1.29 is 9.47 Å². The van der Waals surface area contributed by atoms with E-state index in [4.69, 9.17) is 9.47 Å². The van der Waals surface area contributed by atoms with Crippen molar-refractivity contribution in [2.45, 2.75) is 25.3 Å². The summed E-state index contributed by atoms with van der Waals surface area (Å²) in [5.74, 6) is 0.662. The van der Waals surface area contributed by atoms with Gasteiger partial charge in [-0.2, -0.15) is 0 Å². The fourth-order valence-electron chi connectivity index (χ4n) is 4.33. The zero-order valence-electron chi connectivity index (χ0n) is 18.7. The summed E-state index contributed by atoms with van der Waals surface area (Å²) in [6, 6.07) is 10.8. The zero-order valence-corrected chi connectivity index (χ0v) is 18.7. The van der Waals surface area contributed by atoms with Crippen LogP contribution in [0.25, 0.3) is 33.1 Å². The molecular formula is C25H29N5O2. The standard InChI is InChI=1S/C25H29N5O2/c1-29(2)10-3-11-32-24-7-5-19(15-27-24)18-4-6-22-21(14-18)25-23(16-26-22)28-17-30(25)20-8-12-31-13-9-20/h4-7,14-17,20H,3,8-13H2,1-2H3. The summed E-state index contributed by atoms with van der Waals surface area (Å²) < 4.78 is 13.7. The molecule has 5 rings (SSSR count). The van der Waals surface area contributed by atoms with Crippen molar-refractivity contribution >= 4 is 21.9 Å². The van der Waals surface area contributed by atoms with Crippen LogP contribution in [0, 0.1) is 0 Å². The van der Waals surface area contributed by atoms with Crippen molar-refractivity contribution in [3.05, 3.63) is 49.1 Å². The molecule has 0 spiro atoms. The number of hydrogen-bond acceptors (Lipinski definition) is 6. The van der Waals surface area contributed by atoms with Crippen LogP contribution < -0.4 is 4.74 Å². The number of rotatable bonds is 7. The van der Waals surface area contributed by atoms with Gasteiger partial charge in [0, 0.05) is 49.0 Å². The van der Waals surface area contributed by atoms with Gasteiger partial charge in [0.15, 0.2) is 0 Å². The first kappa shape index (κ1) is 20.8. The van der Waals surface area contributed by atoms with Crippen LogP contribution in [-0.2, 0) is 4.74 Å². The Kier molecular flexibility index (Phi) is 6.01. The highest BCUT2D eigenvalue weighted by atomic mass is 16.5. The van der Waals surface area contributed by atoms with Crippen molar-refractivity contribution in [3.63, 3.8) is 0 Å². The first-order valence-corrected chi connectivity index (χ1v) is 11.3. The minimum atomic E-state index is 0.411. The predicted molar refractivity (Wildman–Crippen MR) is 126 cm³/mol. The van der Waals surface area contributed by atoms with E-state index in [0.29, 0.717) is 18.5 Å². The largest absolute Gasteiger partial charge is 0.478 e. The highest BCUT2D eigenvalue weighted by Crippen LogP contribution is 2.32. The molecule has 1 aliphatic rings. The number of benzene rings is 1. The van der Waals surface area contributed by atoms with E-state index in [2.05, 4.69) is 62.8 Å². The van der Waals surface area contributed by atoms with Gasteiger partial charge in [0.25, 0.3) is 0 Å². The second kappa shape index (κ2) is 9.22. The summed E-state index contributed by atoms with van der Waals surface area (Å²) in [5, 5.41) is 1.12. The smallest absolute Gasteiger partial charge is 0.213 e. The van der Waals surface area contributed by atoms with Gasteiger partial charge in [0.1, 0.15) is 5.52 Å². The predicted octanol–water partition coefficient (Wildman–Crippen LogP) is 4.33. The normalized spacial score (nSPS) is 15.1. The van der Waals surface area contributed by atoms with Gasteiger partial charge in [-0.05, 0) is 57.1 Å². The quantitative estimate of drug-likeness (QED) is 0.406. The third kappa shape index (κ3) is 4.31. The van der Waals surface area contributed by atoms with Crippen LogP contribution in [0.5, 0.6) is 5.88 Å². The molecule has 0 N–H and O–H groups in total. The molecule has 1 fully saturated rings. The molecule has 0 aliphatic carbocycles. The maximum atomic E-state index is 5.78. The van der Waals surface area contributed by atoms with Crippen LogP contribution in [0.1, 0.15) is 25.3 Å². The van der Waals surface area contributed by atoms with Crippen molar-refractivity contribution in [3.8, 4) is 17.0 Å². The Bertz CT molecular complexity index is 1200. The number of fused-ring (bicyclic) bond motifs is 3. The Balaban J connectivity index is 1.43. The van der Waals surface area contributed by atoms with Crippen LogP contribution in [-0.4, -0.2) is 64.9 Å². The highest BCUT2D eigenvalue weighted by molar-refractivity contribution is 6.03. The Labute approximate surface area is 188 Å². The van der Waals surface area contributed by atoms with Crippen LogP contribution in [0.2, 0.25) is 0 Å². The molecule has 7 nitrogen and oxygen atoms in total. The molecule has 1 saturated heterocycles. The Morgan fingerprint density at radius 2 is 1.84 bits per heavy atom. The summed E-state index contributed by atoms with van der Waals surface area (Å²) in [4.78, 5) is 15.9. The first-order chi connectivity index (χ1) is 15.7. The van der Waals surface area contributed by atoms with Crippen LogP contribution in [0.4, 0.5) is 0 Å². The molecule has 166 valence electrons. The second-order valence-electron chi connectivity index (χ2n) is 8.61. The molecule has 1 aromatic carbocycles. The molecule has 0 unspecified atom stereocenters. The SMILES string of the molecule is CN(C)CCCOc1ccc(-c2ccc3ncc4ncn(C5CCOCC5)c4c3c2)cn1. The molecule has 3 aromatic heterocycles. The van der Waals surface area contributed by atoms with E-state index in [-0.39, 0.29) is 0 Å². The molecular weight excluding hydrogens is 402 g/mol. The van der Waals surface area contributed by atoms with Crippen LogP contribution in [0.15, 0.2) is 49.1 Å². The minimum absolute atomic E-state index is 0.411. The van der Waals surface area contributed by atoms with Gasteiger partial charge in [-0.3, -0.25) is 4.98 Å². The lowest BCUT2D eigenvalue weighted by Gasteiger charge is -2.24. The first-order valence-electron chi connectivity index (χ1n) is 11.3.